The van der Waals surface area contributed by atoms with Crippen LogP contribution in [0.25, 0.3) is 5.69 Å². The predicted molar refractivity (Wildman–Crippen MR) is 114 cm³/mol. The number of alkyl halides is 3. The van der Waals surface area contributed by atoms with Crippen LogP contribution in [0.15, 0.2) is 36.4 Å². The standard InChI is InChI=1S/C23H21ClF3N3O3/c1-4-32-19(31)11-18-21-28-29-22(23(25,26)27)30(21)17-9-8-14(24)10-16(17)20(33-18)15-7-5-6-12(2)13(15)3/h5-10,18,20H,4,11H2,1-3H3/t18-,20-/m1/s1. The minimum absolute atomic E-state index is 0.127. The molecule has 2 aromatic carbocycles. The summed E-state index contributed by atoms with van der Waals surface area (Å²) in [6.45, 7) is 5.61. The summed E-state index contributed by atoms with van der Waals surface area (Å²) in [5, 5.41) is 7.52. The van der Waals surface area contributed by atoms with Gasteiger partial charge in [0.05, 0.1) is 18.7 Å². The van der Waals surface area contributed by atoms with Crippen molar-refractivity contribution in [2.75, 3.05) is 6.61 Å². The van der Waals surface area contributed by atoms with Crippen molar-refractivity contribution in [3.8, 4) is 5.69 Å². The number of aryl methyl sites for hydroxylation is 1. The zero-order valence-electron chi connectivity index (χ0n) is 18.1. The van der Waals surface area contributed by atoms with Crippen molar-refractivity contribution >= 4 is 17.6 Å². The van der Waals surface area contributed by atoms with E-state index in [9.17, 15) is 18.0 Å². The third kappa shape index (κ3) is 4.35. The van der Waals surface area contributed by atoms with Crippen molar-refractivity contribution in [2.45, 2.75) is 45.6 Å². The fourth-order valence-electron chi connectivity index (χ4n) is 3.97. The first-order chi connectivity index (χ1) is 15.6. The molecule has 0 aliphatic carbocycles. The third-order valence-corrected chi connectivity index (χ3v) is 5.86. The van der Waals surface area contributed by atoms with Gasteiger partial charge in [-0.2, -0.15) is 13.2 Å². The lowest BCUT2D eigenvalue weighted by Crippen LogP contribution is -2.18. The van der Waals surface area contributed by atoms with Crippen LogP contribution in [0.5, 0.6) is 0 Å². The van der Waals surface area contributed by atoms with E-state index < -0.39 is 30.2 Å². The van der Waals surface area contributed by atoms with E-state index in [0.717, 1.165) is 21.3 Å². The first-order valence-electron chi connectivity index (χ1n) is 10.3. The molecular formula is C23H21ClF3N3O3. The second-order valence-corrected chi connectivity index (χ2v) is 8.16. The number of ether oxygens (including phenoxy) is 2. The van der Waals surface area contributed by atoms with Crippen LogP contribution in [0.4, 0.5) is 13.2 Å². The van der Waals surface area contributed by atoms with Crippen molar-refractivity contribution in [3.63, 3.8) is 0 Å². The number of rotatable bonds is 4. The van der Waals surface area contributed by atoms with E-state index in [1.54, 1.807) is 13.0 Å². The van der Waals surface area contributed by atoms with Gasteiger partial charge in [0, 0.05) is 10.6 Å². The fourth-order valence-corrected chi connectivity index (χ4v) is 4.15. The molecule has 4 rings (SSSR count). The maximum atomic E-state index is 13.9. The molecule has 0 N–H and O–H groups in total. The molecule has 1 aliphatic heterocycles. The van der Waals surface area contributed by atoms with E-state index in [2.05, 4.69) is 10.2 Å². The molecule has 0 amide bonds. The zero-order valence-corrected chi connectivity index (χ0v) is 18.9. The average Bonchev–Trinajstić information content (AvgIpc) is 3.14. The second kappa shape index (κ2) is 8.79. The number of esters is 1. The smallest absolute Gasteiger partial charge is 0.452 e. The highest BCUT2D eigenvalue weighted by molar-refractivity contribution is 6.30. The van der Waals surface area contributed by atoms with Crippen LogP contribution in [-0.2, 0) is 20.4 Å². The average molecular weight is 480 g/mol. The highest BCUT2D eigenvalue weighted by Gasteiger charge is 2.43. The van der Waals surface area contributed by atoms with Crippen LogP contribution in [-0.4, -0.2) is 27.3 Å². The predicted octanol–water partition coefficient (Wildman–Crippen LogP) is 5.67. The quantitative estimate of drug-likeness (QED) is 0.451. The van der Waals surface area contributed by atoms with E-state index in [-0.39, 0.29) is 24.5 Å². The fraction of sp³-hybridized carbons (Fsp3) is 0.348. The summed E-state index contributed by atoms with van der Waals surface area (Å²) in [4.78, 5) is 12.3. The molecule has 0 saturated carbocycles. The first kappa shape index (κ1) is 23.3. The number of fused-ring (bicyclic) bond motifs is 3. The van der Waals surface area contributed by atoms with Gasteiger partial charge < -0.3 is 9.47 Å². The van der Waals surface area contributed by atoms with Crippen LogP contribution in [0.1, 0.15) is 59.5 Å². The first-order valence-corrected chi connectivity index (χ1v) is 10.7. The Morgan fingerprint density at radius 3 is 2.64 bits per heavy atom. The van der Waals surface area contributed by atoms with Gasteiger partial charge in [0.1, 0.15) is 12.2 Å². The molecule has 6 nitrogen and oxygen atoms in total. The number of halogens is 4. The van der Waals surface area contributed by atoms with E-state index in [1.165, 1.54) is 12.1 Å². The SMILES string of the molecule is CCOC(=O)C[C@H]1O[C@H](c2cccc(C)c2C)c2cc(Cl)ccc2-n2c1nnc2C(F)(F)F. The molecule has 0 radical (unpaired) electrons. The van der Waals surface area contributed by atoms with E-state index in [0.29, 0.717) is 10.6 Å². The minimum atomic E-state index is -4.78. The molecule has 174 valence electrons. The summed E-state index contributed by atoms with van der Waals surface area (Å²) in [6, 6.07) is 10.2. The lowest BCUT2D eigenvalue weighted by molar-refractivity contribution is -0.147. The lowest BCUT2D eigenvalue weighted by atomic mass is 9.93. The molecule has 0 saturated heterocycles. The van der Waals surface area contributed by atoms with Gasteiger partial charge in [0.15, 0.2) is 5.82 Å². The number of benzene rings is 2. The maximum absolute atomic E-state index is 13.9. The van der Waals surface area contributed by atoms with Gasteiger partial charge in [-0.05, 0) is 55.7 Å². The van der Waals surface area contributed by atoms with Crippen molar-refractivity contribution in [2.24, 2.45) is 0 Å². The molecular weight excluding hydrogens is 459 g/mol. The van der Waals surface area contributed by atoms with Crippen LogP contribution in [0.3, 0.4) is 0 Å². The maximum Gasteiger partial charge on any atom is 0.452 e. The molecule has 0 spiro atoms. The number of carbonyl (C=O) groups is 1. The Morgan fingerprint density at radius 2 is 1.94 bits per heavy atom. The van der Waals surface area contributed by atoms with Gasteiger partial charge in [0.25, 0.3) is 0 Å². The van der Waals surface area contributed by atoms with Crippen molar-refractivity contribution < 1.29 is 27.4 Å². The summed E-state index contributed by atoms with van der Waals surface area (Å²) in [5.74, 6) is -1.96. The minimum Gasteiger partial charge on any atom is -0.466 e. The van der Waals surface area contributed by atoms with E-state index >= 15 is 0 Å². The van der Waals surface area contributed by atoms with Gasteiger partial charge in [-0.15, -0.1) is 10.2 Å². The van der Waals surface area contributed by atoms with Crippen LogP contribution >= 0.6 is 11.6 Å². The van der Waals surface area contributed by atoms with Gasteiger partial charge in [-0.3, -0.25) is 9.36 Å². The number of aromatic nitrogens is 3. The molecule has 0 bridgehead atoms. The molecule has 33 heavy (non-hydrogen) atoms. The van der Waals surface area contributed by atoms with Gasteiger partial charge >= 0.3 is 12.1 Å². The summed E-state index contributed by atoms with van der Waals surface area (Å²) in [6.07, 6.45) is -7.05. The molecule has 2 atom stereocenters. The summed E-state index contributed by atoms with van der Waals surface area (Å²) >= 11 is 6.25. The molecule has 1 aliphatic rings. The Morgan fingerprint density at radius 1 is 1.18 bits per heavy atom. The zero-order chi connectivity index (χ0) is 23.9. The van der Waals surface area contributed by atoms with Crippen LogP contribution in [0, 0.1) is 13.8 Å². The normalized spacial score (nSPS) is 17.8. The van der Waals surface area contributed by atoms with Crippen molar-refractivity contribution in [1.82, 2.24) is 14.8 Å². The number of hydrogen-bond donors (Lipinski definition) is 0. The van der Waals surface area contributed by atoms with Gasteiger partial charge in [-0.1, -0.05) is 29.8 Å². The monoisotopic (exact) mass is 479 g/mol. The molecule has 1 aromatic heterocycles. The summed E-state index contributed by atoms with van der Waals surface area (Å²) < 4.78 is 53.9. The highest BCUT2D eigenvalue weighted by atomic mass is 35.5. The second-order valence-electron chi connectivity index (χ2n) is 7.72. The van der Waals surface area contributed by atoms with Gasteiger partial charge in [-0.25, -0.2) is 0 Å². The summed E-state index contributed by atoms with van der Waals surface area (Å²) in [5.41, 5.74) is 3.25. The Labute approximate surface area is 193 Å². The number of carbonyl (C=O) groups excluding carboxylic acids is 1. The Bertz CT molecular complexity index is 1210. The van der Waals surface area contributed by atoms with Gasteiger partial charge in [0.2, 0.25) is 5.82 Å². The Kier molecular flexibility index (Phi) is 6.20. The lowest BCUT2D eigenvalue weighted by Gasteiger charge is -2.24. The Balaban J connectivity index is 1.99. The van der Waals surface area contributed by atoms with E-state index in [1.807, 2.05) is 32.0 Å². The molecule has 2 heterocycles. The molecule has 0 fully saturated rings. The molecule has 0 unspecified atom stereocenters. The molecule has 10 heteroatoms. The topological polar surface area (TPSA) is 66.2 Å². The third-order valence-electron chi connectivity index (χ3n) is 5.63. The highest BCUT2D eigenvalue weighted by Crippen LogP contribution is 2.44. The largest absolute Gasteiger partial charge is 0.466 e. The van der Waals surface area contributed by atoms with Crippen LogP contribution in [0.2, 0.25) is 5.02 Å². The van der Waals surface area contributed by atoms with Crippen molar-refractivity contribution in [3.05, 3.63) is 75.3 Å². The number of nitrogens with zero attached hydrogens (tertiary/aromatic N) is 3. The van der Waals surface area contributed by atoms with E-state index in [4.69, 9.17) is 21.1 Å². The molecule has 3 aromatic rings. The Hall–Kier alpha value is -2.91. The summed E-state index contributed by atoms with van der Waals surface area (Å²) in [7, 11) is 0. The number of hydrogen-bond acceptors (Lipinski definition) is 5. The van der Waals surface area contributed by atoms with Crippen molar-refractivity contribution in [1.29, 1.82) is 0 Å². The van der Waals surface area contributed by atoms with Crippen LogP contribution < -0.4 is 0 Å².